The lowest BCUT2D eigenvalue weighted by Crippen LogP contribution is -2.20. The summed E-state index contributed by atoms with van der Waals surface area (Å²) in [4.78, 5) is 11.0. The number of anilines is 1. The summed E-state index contributed by atoms with van der Waals surface area (Å²) in [5.74, 6) is -1.35. The van der Waals surface area contributed by atoms with Gasteiger partial charge in [0.15, 0.2) is 0 Å². The normalized spacial score (nSPS) is 11.2. The molecule has 0 amide bonds. The molecule has 0 aliphatic rings. The number of carboxylic acids is 1. The molecule has 0 saturated heterocycles. The number of nitrogens with one attached hydrogen (secondary N) is 1. The first kappa shape index (κ1) is 12.4. The van der Waals surface area contributed by atoms with E-state index in [9.17, 15) is 9.90 Å². The molecule has 0 radical (unpaired) electrons. The topological polar surface area (TPSA) is 69.6 Å². The Morgan fingerprint density at radius 2 is 2.00 bits per heavy atom. The molecular weight excluding hydrogens is 206 g/mol. The Labute approximate surface area is 94.9 Å². The summed E-state index contributed by atoms with van der Waals surface area (Å²) in [6.07, 6.45) is 0. The number of rotatable bonds is 3. The summed E-state index contributed by atoms with van der Waals surface area (Å²) in [7, 11) is 0. The second-order valence-electron chi connectivity index (χ2n) is 4.92. The van der Waals surface area contributed by atoms with E-state index in [4.69, 9.17) is 5.11 Å². The molecule has 88 valence electrons. The van der Waals surface area contributed by atoms with E-state index in [1.165, 1.54) is 6.07 Å². The monoisotopic (exact) mass is 223 g/mol. The zero-order valence-electron chi connectivity index (χ0n) is 9.74. The Morgan fingerprint density at radius 3 is 2.50 bits per heavy atom. The van der Waals surface area contributed by atoms with Gasteiger partial charge in [-0.1, -0.05) is 26.8 Å². The highest BCUT2D eigenvalue weighted by Gasteiger charge is 2.17. The number of carbonyl (C=O) groups is 1. The largest absolute Gasteiger partial charge is 0.507 e. The van der Waals surface area contributed by atoms with Crippen molar-refractivity contribution in [2.45, 2.75) is 20.8 Å². The van der Waals surface area contributed by atoms with Gasteiger partial charge in [0.1, 0.15) is 11.3 Å². The van der Waals surface area contributed by atoms with Crippen molar-refractivity contribution in [2.75, 3.05) is 11.9 Å². The second-order valence-corrected chi connectivity index (χ2v) is 4.92. The van der Waals surface area contributed by atoms with Crippen molar-refractivity contribution in [3.05, 3.63) is 23.8 Å². The van der Waals surface area contributed by atoms with E-state index in [-0.39, 0.29) is 16.7 Å². The molecule has 1 rings (SSSR count). The molecule has 4 nitrogen and oxygen atoms in total. The lowest BCUT2D eigenvalue weighted by atomic mass is 9.96. The molecule has 0 atom stereocenters. The molecule has 1 aromatic carbocycles. The van der Waals surface area contributed by atoms with Crippen LogP contribution in [-0.4, -0.2) is 22.7 Å². The van der Waals surface area contributed by atoms with Crippen molar-refractivity contribution in [2.24, 2.45) is 5.41 Å². The van der Waals surface area contributed by atoms with Crippen molar-refractivity contribution >= 4 is 11.7 Å². The summed E-state index contributed by atoms with van der Waals surface area (Å²) >= 11 is 0. The molecule has 0 aliphatic carbocycles. The van der Waals surface area contributed by atoms with E-state index in [1.807, 2.05) is 20.8 Å². The minimum absolute atomic E-state index is 0.0429. The van der Waals surface area contributed by atoms with Gasteiger partial charge in [-0.25, -0.2) is 4.79 Å². The molecule has 0 aliphatic heterocycles. The zero-order chi connectivity index (χ0) is 12.3. The standard InChI is InChI=1S/C12H17NO3/c1-12(2,3)7-13-8-5-4-6-9(14)10(8)11(15)16/h4-6,13-14H,7H2,1-3H3,(H,15,16). The van der Waals surface area contributed by atoms with Gasteiger partial charge >= 0.3 is 5.97 Å². The van der Waals surface area contributed by atoms with Gasteiger partial charge in [0.05, 0.1) is 5.69 Å². The summed E-state index contributed by atoms with van der Waals surface area (Å²) < 4.78 is 0. The van der Waals surface area contributed by atoms with E-state index >= 15 is 0 Å². The van der Waals surface area contributed by atoms with Crippen molar-refractivity contribution in [1.82, 2.24) is 0 Å². The molecule has 16 heavy (non-hydrogen) atoms. The molecule has 0 heterocycles. The fourth-order valence-corrected chi connectivity index (χ4v) is 1.27. The van der Waals surface area contributed by atoms with Crippen molar-refractivity contribution in [1.29, 1.82) is 0 Å². The van der Waals surface area contributed by atoms with Crippen LogP contribution >= 0.6 is 0 Å². The van der Waals surface area contributed by atoms with Gasteiger partial charge in [-0.2, -0.15) is 0 Å². The van der Waals surface area contributed by atoms with E-state index in [1.54, 1.807) is 12.1 Å². The third-order valence-electron chi connectivity index (χ3n) is 2.07. The van der Waals surface area contributed by atoms with Crippen molar-refractivity contribution in [3.8, 4) is 5.75 Å². The summed E-state index contributed by atoms with van der Waals surface area (Å²) in [6, 6.07) is 4.63. The van der Waals surface area contributed by atoms with E-state index in [0.29, 0.717) is 12.2 Å². The van der Waals surface area contributed by atoms with Gasteiger partial charge in [-0.3, -0.25) is 0 Å². The summed E-state index contributed by atoms with van der Waals surface area (Å²) in [5.41, 5.74) is 0.412. The van der Waals surface area contributed by atoms with Crippen LogP contribution in [-0.2, 0) is 0 Å². The number of hydrogen-bond donors (Lipinski definition) is 3. The predicted molar refractivity (Wildman–Crippen MR) is 63.0 cm³/mol. The Morgan fingerprint density at radius 1 is 1.38 bits per heavy atom. The first-order valence-corrected chi connectivity index (χ1v) is 5.10. The van der Waals surface area contributed by atoms with E-state index < -0.39 is 5.97 Å². The van der Waals surface area contributed by atoms with E-state index in [2.05, 4.69) is 5.32 Å². The van der Waals surface area contributed by atoms with Gasteiger partial charge in [0.25, 0.3) is 0 Å². The molecule has 0 saturated carbocycles. The van der Waals surface area contributed by atoms with E-state index in [0.717, 1.165) is 0 Å². The molecule has 0 aromatic heterocycles. The van der Waals surface area contributed by atoms with Crippen LogP contribution in [0.5, 0.6) is 5.75 Å². The number of benzene rings is 1. The lowest BCUT2D eigenvalue weighted by molar-refractivity contribution is 0.0694. The predicted octanol–water partition coefficient (Wildman–Crippen LogP) is 2.55. The number of carboxylic acid groups (broad SMARTS) is 1. The van der Waals surface area contributed by atoms with Gasteiger partial charge in [-0.15, -0.1) is 0 Å². The van der Waals surface area contributed by atoms with Gasteiger partial charge in [0, 0.05) is 6.54 Å². The Hall–Kier alpha value is -1.71. The van der Waals surface area contributed by atoms with Crippen LogP contribution in [0.3, 0.4) is 0 Å². The Kier molecular flexibility index (Phi) is 3.42. The van der Waals surface area contributed by atoms with Gasteiger partial charge in [-0.05, 0) is 17.5 Å². The quantitative estimate of drug-likeness (QED) is 0.736. The molecule has 4 heteroatoms. The minimum Gasteiger partial charge on any atom is -0.507 e. The maximum atomic E-state index is 11.0. The van der Waals surface area contributed by atoms with Crippen LogP contribution in [0, 0.1) is 5.41 Å². The molecule has 0 fully saturated rings. The van der Waals surface area contributed by atoms with Crippen LogP contribution in [0.15, 0.2) is 18.2 Å². The second kappa shape index (κ2) is 4.43. The molecule has 3 N–H and O–H groups in total. The summed E-state index contributed by atoms with van der Waals surface area (Å²) in [6.45, 7) is 6.77. The zero-order valence-corrected chi connectivity index (χ0v) is 9.74. The lowest BCUT2D eigenvalue weighted by Gasteiger charge is -2.20. The Balaban J connectivity index is 2.96. The van der Waals surface area contributed by atoms with Gasteiger partial charge < -0.3 is 15.5 Å². The highest BCUT2D eigenvalue weighted by Crippen LogP contribution is 2.26. The molecule has 1 aromatic rings. The SMILES string of the molecule is CC(C)(C)CNc1cccc(O)c1C(=O)O. The average Bonchev–Trinajstić information content (AvgIpc) is 2.12. The van der Waals surface area contributed by atoms with Crippen LogP contribution in [0.4, 0.5) is 5.69 Å². The van der Waals surface area contributed by atoms with Crippen LogP contribution < -0.4 is 5.32 Å². The third kappa shape index (κ3) is 3.15. The molecule has 0 spiro atoms. The highest BCUT2D eigenvalue weighted by atomic mass is 16.4. The van der Waals surface area contributed by atoms with Crippen molar-refractivity contribution in [3.63, 3.8) is 0 Å². The number of aromatic hydroxyl groups is 1. The fraction of sp³-hybridized carbons (Fsp3) is 0.417. The summed E-state index contributed by atoms with van der Waals surface area (Å²) in [5, 5.41) is 21.5. The number of phenols is 1. The Bertz CT molecular complexity index is 394. The maximum Gasteiger partial charge on any atom is 0.341 e. The smallest absolute Gasteiger partial charge is 0.341 e. The van der Waals surface area contributed by atoms with Crippen LogP contribution in [0.2, 0.25) is 0 Å². The van der Waals surface area contributed by atoms with Crippen LogP contribution in [0.1, 0.15) is 31.1 Å². The highest BCUT2D eigenvalue weighted by molar-refractivity contribution is 5.97. The molecular formula is C12H17NO3. The number of aromatic carboxylic acids is 1. The average molecular weight is 223 g/mol. The minimum atomic E-state index is -1.13. The molecule has 0 bridgehead atoms. The maximum absolute atomic E-state index is 11.0. The van der Waals surface area contributed by atoms with Crippen LogP contribution in [0.25, 0.3) is 0 Å². The van der Waals surface area contributed by atoms with Gasteiger partial charge in [0.2, 0.25) is 0 Å². The number of hydrogen-bond acceptors (Lipinski definition) is 3. The molecule has 0 unspecified atom stereocenters. The fourth-order valence-electron chi connectivity index (χ4n) is 1.27. The third-order valence-corrected chi connectivity index (χ3v) is 2.07. The first-order valence-electron chi connectivity index (χ1n) is 5.10. The van der Waals surface area contributed by atoms with Crippen molar-refractivity contribution < 1.29 is 15.0 Å². The first-order chi connectivity index (χ1) is 7.31.